The predicted octanol–water partition coefficient (Wildman–Crippen LogP) is 3.35. The van der Waals surface area contributed by atoms with Crippen molar-refractivity contribution in [2.75, 3.05) is 0 Å². The van der Waals surface area contributed by atoms with E-state index >= 15 is 0 Å². The van der Waals surface area contributed by atoms with Crippen LogP contribution in [0.5, 0.6) is 0 Å². The first kappa shape index (κ1) is 11.2. The van der Waals surface area contributed by atoms with E-state index in [0.717, 1.165) is 22.8 Å². The van der Waals surface area contributed by atoms with Gasteiger partial charge in [0.2, 0.25) is 0 Å². The summed E-state index contributed by atoms with van der Waals surface area (Å²) >= 11 is 0. The summed E-state index contributed by atoms with van der Waals surface area (Å²) in [5.41, 5.74) is 1.14. The average molecular weight is 232 g/mol. The van der Waals surface area contributed by atoms with E-state index in [1.165, 1.54) is 6.07 Å². The molecule has 0 saturated heterocycles. The number of hydrogen-bond donors (Lipinski definition) is 0. The van der Waals surface area contributed by atoms with Crippen LogP contribution < -0.4 is 0 Å². The summed E-state index contributed by atoms with van der Waals surface area (Å²) in [6, 6.07) is 10.8. The van der Waals surface area contributed by atoms with Crippen LogP contribution in [0.4, 0.5) is 4.39 Å². The van der Waals surface area contributed by atoms with Crippen molar-refractivity contribution >= 4 is 10.8 Å². The Bertz CT molecular complexity index is 437. The summed E-state index contributed by atoms with van der Waals surface area (Å²) in [7, 11) is 0. The molecule has 0 aliphatic carbocycles. The molecule has 0 amide bonds. The first-order chi connectivity index (χ1) is 6.29. The zero-order chi connectivity index (χ0) is 9.26. The van der Waals surface area contributed by atoms with Crippen LogP contribution in [0.25, 0.3) is 10.8 Å². The number of fused-ring (bicyclic) bond motifs is 1. The number of hydrogen-bond acceptors (Lipinski definition) is 0. The topological polar surface area (TPSA) is 0 Å². The van der Waals surface area contributed by atoms with Gasteiger partial charge in [0.1, 0.15) is 5.82 Å². The van der Waals surface area contributed by atoms with Crippen molar-refractivity contribution in [2.45, 2.75) is 6.42 Å². The number of rotatable bonds is 1. The van der Waals surface area contributed by atoms with Gasteiger partial charge in [-0.1, -0.05) is 29.8 Å². The first-order valence-corrected chi connectivity index (χ1v) is 4.27. The third-order valence-corrected chi connectivity index (χ3v) is 2.16. The monoisotopic (exact) mass is 232 g/mol. The Balaban J connectivity index is 0.000000980. The molecule has 0 saturated carbocycles. The predicted molar refractivity (Wildman–Crippen MR) is 53.0 cm³/mol. The Kier molecular flexibility index (Phi) is 3.66. The molecule has 2 aromatic carbocycles. The quantitative estimate of drug-likeness (QED) is 0.661. The molecule has 2 heteroatoms. The maximum absolute atomic E-state index is 12.9. The smallest absolute Gasteiger partial charge is 0.123 e. The summed E-state index contributed by atoms with van der Waals surface area (Å²) < 4.78 is 12.9. The third-order valence-electron chi connectivity index (χ3n) is 2.16. The molecule has 0 unspecified atom stereocenters. The van der Waals surface area contributed by atoms with Gasteiger partial charge in [0.15, 0.2) is 0 Å². The minimum atomic E-state index is -0.186. The normalized spacial score (nSPS) is 9.86. The molecule has 0 nitrogen and oxygen atoms in total. The molecule has 14 heavy (non-hydrogen) atoms. The molecule has 75 valence electrons. The van der Waals surface area contributed by atoms with Gasteiger partial charge in [-0.2, -0.15) is 6.42 Å². The molecule has 0 N–H and O–H groups in total. The number of halogens is 1. The molecule has 0 heterocycles. The van der Waals surface area contributed by atoms with Crippen LogP contribution >= 0.6 is 0 Å². The van der Waals surface area contributed by atoms with Crippen LogP contribution in [-0.2, 0) is 23.2 Å². The van der Waals surface area contributed by atoms with Gasteiger partial charge in [0, 0.05) is 16.8 Å². The van der Waals surface area contributed by atoms with Gasteiger partial charge in [-0.15, -0.1) is 0 Å². The van der Waals surface area contributed by atoms with Crippen molar-refractivity contribution < 1.29 is 21.2 Å². The van der Waals surface area contributed by atoms with Gasteiger partial charge in [0.05, 0.1) is 0 Å². The van der Waals surface area contributed by atoms with Gasteiger partial charge in [-0.05, 0) is 22.9 Å². The molecule has 0 aliphatic heterocycles. The summed E-state index contributed by atoms with van der Waals surface area (Å²) in [6.45, 7) is 3.79. The van der Waals surface area contributed by atoms with Gasteiger partial charge < -0.3 is 6.92 Å². The van der Waals surface area contributed by atoms with Crippen molar-refractivity contribution in [3.63, 3.8) is 0 Å². The van der Waals surface area contributed by atoms with Crippen LogP contribution in [0.1, 0.15) is 5.56 Å². The van der Waals surface area contributed by atoms with E-state index in [9.17, 15) is 4.39 Å². The zero-order valence-electron chi connectivity index (χ0n) is 7.59. The molecule has 0 aliphatic rings. The van der Waals surface area contributed by atoms with E-state index in [4.69, 9.17) is 0 Å². The van der Waals surface area contributed by atoms with E-state index in [1.807, 2.05) is 18.2 Å². The molecule has 0 atom stereocenters. The van der Waals surface area contributed by atoms with Crippen LogP contribution in [0.15, 0.2) is 36.4 Å². The minimum absolute atomic E-state index is 0. The molecular formula is C12H10CoF-. The first-order valence-electron chi connectivity index (χ1n) is 4.27. The molecule has 1 radical (unpaired) electrons. The fourth-order valence-corrected chi connectivity index (χ4v) is 1.42. The molecule has 0 fully saturated rings. The van der Waals surface area contributed by atoms with E-state index in [1.54, 1.807) is 12.1 Å². The maximum Gasteiger partial charge on any atom is 0.123 e. The average Bonchev–Trinajstić information content (AvgIpc) is 2.16. The Morgan fingerprint density at radius 2 is 1.71 bits per heavy atom. The SMILES string of the molecule is [CH2-]Cc1ccc2ccc(F)cc2c1.[Co]. The second-order valence-corrected chi connectivity index (χ2v) is 3.08. The van der Waals surface area contributed by atoms with Crippen LogP contribution in [-0.4, -0.2) is 0 Å². The second kappa shape index (κ2) is 4.58. The van der Waals surface area contributed by atoms with E-state index in [-0.39, 0.29) is 22.6 Å². The maximum atomic E-state index is 12.9. The molecule has 0 aromatic heterocycles. The van der Waals surface area contributed by atoms with E-state index in [2.05, 4.69) is 6.92 Å². The summed E-state index contributed by atoms with van der Waals surface area (Å²) in [5, 5.41) is 2.01. The Morgan fingerprint density at radius 1 is 1.00 bits per heavy atom. The Morgan fingerprint density at radius 3 is 2.43 bits per heavy atom. The molecule has 0 spiro atoms. The zero-order valence-corrected chi connectivity index (χ0v) is 8.63. The van der Waals surface area contributed by atoms with Gasteiger partial charge in [-0.3, -0.25) is 0 Å². The van der Waals surface area contributed by atoms with Gasteiger partial charge >= 0.3 is 0 Å². The van der Waals surface area contributed by atoms with Gasteiger partial charge in [-0.25, -0.2) is 4.39 Å². The van der Waals surface area contributed by atoms with Crippen molar-refractivity contribution in [3.05, 3.63) is 54.7 Å². The van der Waals surface area contributed by atoms with E-state index < -0.39 is 0 Å². The van der Waals surface area contributed by atoms with Crippen molar-refractivity contribution in [1.82, 2.24) is 0 Å². The molecule has 2 rings (SSSR count). The largest absolute Gasteiger partial charge is 0.339 e. The fourth-order valence-electron chi connectivity index (χ4n) is 1.42. The van der Waals surface area contributed by atoms with Crippen molar-refractivity contribution in [1.29, 1.82) is 0 Å². The van der Waals surface area contributed by atoms with Crippen molar-refractivity contribution in [2.24, 2.45) is 0 Å². The molecular weight excluding hydrogens is 222 g/mol. The van der Waals surface area contributed by atoms with Crippen LogP contribution in [0.2, 0.25) is 0 Å². The Hall–Kier alpha value is -0.864. The Labute approximate surface area is 93.3 Å². The van der Waals surface area contributed by atoms with E-state index in [0.29, 0.717) is 0 Å². The summed E-state index contributed by atoms with van der Waals surface area (Å²) in [4.78, 5) is 0. The van der Waals surface area contributed by atoms with Crippen molar-refractivity contribution in [3.8, 4) is 0 Å². The minimum Gasteiger partial charge on any atom is -0.339 e. The summed E-state index contributed by atoms with van der Waals surface area (Å²) in [6.07, 6.45) is 0.743. The third kappa shape index (κ3) is 2.14. The van der Waals surface area contributed by atoms with Gasteiger partial charge in [0.25, 0.3) is 0 Å². The standard InChI is InChI=1S/C12H10F.Co/c1-2-9-3-4-10-5-6-12(13)8-11(10)7-9;/h3-8H,1-2H2;/q-1;. The summed E-state index contributed by atoms with van der Waals surface area (Å²) in [5.74, 6) is -0.186. The number of benzene rings is 2. The molecule has 2 aromatic rings. The fraction of sp³-hybridized carbons (Fsp3) is 0.0833. The molecule has 0 bridgehead atoms. The second-order valence-electron chi connectivity index (χ2n) is 3.08. The van der Waals surface area contributed by atoms with Crippen LogP contribution in [0, 0.1) is 12.7 Å². The van der Waals surface area contributed by atoms with Crippen LogP contribution in [0.3, 0.4) is 0 Å².